The van der Waals surface area contributed by atoms with Crippen LogP contribution < -0.4 is 10.1 Å². The number of hydrogen-bond donors (Lipinski definition) is 3. The van der Waals surface area contributed by atoms with Gasteiger partial charge < -0.3 is 44.0 Å². The number of methoxy groups -OCH3 is 1. The summed E-state index contributed by atoms with van der Waals surface area (Å²) in [5.74, 6) is -1.10. The number of hydrogen-bond acceptors (Lipinski definition) is 11. The topological polar surface area (TPSA) is 142 Å². The first-order valence-electron chi connectivity index (χ1n) is 10.6. The minimum Gasteiger partial charge on any atom is -0.497 e. The van der Waals surface area contributed by atoms with E-state index >= 15 is 0 Å². The van der Waals surface area contributed by atoms with Crippen LogP contribution in [0.3, 0.4) is 0 Å². The van der Waals surface area contributed by atoms with Crippen LogP contribution in [-0.2, 0) is 33.3 Å². The molecule has 0 bridgehead atoms. The maximum atomic E-state index is 12.1. The van der Waals surface area contributed by atoms with Crippen molar-refractivity contribution in [3.63, 3.8) is 0 Å². The van der Waals surface area contributed by atoms with Crippen LogP contribution >= 0.6 is 0 Å². The van der Waals surface area contributed by atoms with Gasteiger partial charge in [0.05, 0.1) is 26.9 Å². The van der Waals surface area contributed by atoms with Gasteiger partial charge in [-0.1, -0.05) is 12.1 Å². The maximum Gasteiger partial charge on any atom is 0.347 e. The molecular formula is C22H29NO10. The second-order valence-corrected chi connectivity index (χ2v) is 7.28. The SMILES string of the molecule is CCOC(=O)C(=CN[C@@H]1O[C@@H]2CO[C@@H](c3ccc(OC)cc3)O[C@H]2[C@H](O)[C@H]1O)C(=O)OCC. The van der Waals surface area contributed by atoms with Crippen LogP contribution in [-0.4, -0.2) is 79.7 Å². The largest absolute Gasteiger partial charge is 0.497 e. The zero-order chi connectivity index (χ0) is 24.0. The highest BCUT2D eigenvalue weighted by atomic mass is 16.7. The zero-order valence-electron chi connectivity index (χ0n) is 18.6. The van der Waals surface area contributed by atoms with Gasteiger partial charge in [-0.3, -0.25) is 0 Å². The number of ether oxygens (including phenoxy) is 6. The summed E-state index contributed by atoms with van der Waals surface area (Å²) in [4.78, 5) is 24.2. The van der Waals surface area contributed by atoms with Crippen molar-refractivity contribution in [1.29, 1.82) is 0 Å². The predicted octanol–water partition coefficient (Wildman–Crippen LogP) is 0.156. The Morgan fingerprint density at radius 2 is 1.70 bits per heavy atom. The molecule has 33 heavy (non-hydrogen) atoms. The van der Waals surface area contributed by atoms with E-state index in [0.717, 1.165) is 6.20 Å². The van der Waals surface area contributed by atoms with Crippen molar-refractivity contribution < 1.29 is 48.2 Å². The van der Waals surface area contributed by atoms with Gasteiger partial charge in [0, 0.05) is 11.8 Å². The van der Waals surface area contributed by atoms with E-state index in [-0.39, 0.29) is 19.8 Å². The van der Waals surface area contributed by atoms with Gasteiger partial charge in [-0.2, -0.15) is 0 Å². The molecule has 2 heterocycles. The number of aliphatic hydroxyl groups is 2. The number of aliphatic hydroxyl groups excluding tert-OH is 2. The van der Waals surface area contributed by atoms with Gasteiger partial charge in [0.15, 0.2) is 18.1 Å². The molecule has 182 valence electrons. The van der Waals surface area contributed by atoms with E-state index in [4.69, 9.17) is 28.4 Å². The van der Waals surface area contributed by atoms with Crippen molar-refractivity contribution >= 4 is 11.9 Å². The summed E-state index contributed by atoms with van der Waals surface area (Å²) in [5.41, 5.74) is 0.314. The average molecular weight is 467 g/mol. The van der Waals surface area contributed by atoms with Gasteiger partial charge in [-0.25, -0.2) is 9.59 Å². The Labute approximate surface area is 191 Å². The van der Waals surface area contributed by atoms with Crippen molar-refractivity contribution in [3.05, 3.63) is 41.6 Å². The Kier molecular flexibility index (Phi) is 8.64. The van der Waals surface area contributed by atoms with E-state index in [1.54, 1.807) is 45.2 Å². The van der Waals surface area contributed by atoms with Gasteiger partial charge in [0.1, 0.15) is 30.2 Å². The Hall–Kier alpha value is -2.70. The molecule has 0 saturated carbocycles. The van der Waals surface area contributed by atoms with E-state index < -0.39 is 54.4 Å². The number of nitrogens with one attached hydrogen (secondary N) is 1. The summed E-state index contributed by atoms with van der Waals surface area (Å²) >= 11 is 0. The fraction of sp³-hybridized carbons (Fsp3) is 0.545. The molecule has 1 aromatic carbocycles. The highest BCUT2D eigenvalue weighted by molar-refractivity contribution is 6.13. The minimum absolute atomic E-state index is 0.0602. The van der Waals surface area contributed by atoms with Crippen LogP contribution in [0.4, 0.5) is 0 Å². The van der Waals surface area contributed by atoms with Crippen molar-refractivity contribution in [1.82, 2.24) is 5.32 Å². The summed E-state index contributed by atoms with van der Waals surface area (Å²) in [6, 6.07) is 7.07. The van der Waals surface area contributed by atoms with Crippen LogP contribution in [0, 0.1) is 0 Å². The molecule has 0 aromatic heterocycles. The smallest absolute Gasteiger partial charge is 0.347 e. The van der Waals surface area contributed by atoms with Crippen LogP contribution in [0.15, 0.2) is 36.0 Å². The quantitative estimate of drug-likeness (QED) is 0.208. The highest BCUT2D eigenvalue weighted by Gasteiger charge is 2.48. The summed E-state index contributed by atoms with van der Waals surface area (Å²) < 4.78 is 32.2. The Balaban J connectivity index is 1.68. The molecule has 11 heteroatoms. The van der Waals surface area contributed by atoms with E-state index in [2.05, 4.69) is 5.32 Å². The third-order valence-corrected chi connectivity index (χ3v) is 5.15. The van der Waals surface area contributed by atoms with Crippen molar-refractivity contribution in [2.75, 3.05) is 26.9 Å². The van der Waals surface area contributed by atoms with Crippen LogP contribution in [0.25, 0.3) is 0 Å². The van der Waals surface area contributed by atoms with E-state index in [1.807, 2.05) is 0 Å². The van der Waals surface area contributed by atoms with Crippen LogP contribution in [0.5, 0.6) is 5.75 Å². The molecule has 0 aliphatic carbocycles. The summed E-state index contributed by atoms with van der Waals surface area (Å²) in [6.45, 7) is 3.40. The van der Waals surface area contributed by atoms with E-state index in [1.165, 1.54) is 0 Å². The van der Waals surface area contributed by atoms with Crippen molar-refractivity contribution in [2.24, 2.45) is 0 Å². The second kappa shape index (κ2) is 11.4. The Morgan fingerprint density at radius 1 is 1.06 bits per heavy atom. The third-order valence-electron chi connectivity index (χ3n) is 5.15. The number of carbonyl (C=O) groups is 2. The fourth-order valence-corrected chi connectivity index (χ4v) is 3.46. The molecule has 0 amide bonds. The Morgan fingerprint density at radius 3 is 2.27 bits per heavy atom. The van der Waals surface area contributed by atoms with E-state index in [0.29, 0.717) is 11.3 Å². The maximum absolute atomic E-state index is 12.1. The lowest BCUT2D eigenvalue weighted by Gasteiger charge is -2.46. The molecule has 2 aliphatic heterocycles. The average Bonchev–Trinajstić information content (AvgIpc) is 2.82. The molecule has 2 aliphatic rings. The molecule has 6 atom stereocenters. The summed E-state index contributed by atoms with van der Waals surface area (Å²) in [7, 11) is 1.56. The normalized spacial score (nSPS) is 28.8. The number of carbonyl (C=O) groups excluding carboxylic acids is 2. The molecular weight excluding hydrogens is 438 g/mol. The molecule has 0 spiro atoms. The number of esters is 2. The monoisotopic (exact) mass is 467 g/mol. The molecule has 0 radical (unpaired) electrons. The first-order chi connectivity index (χ1) is 15.9. The van der Waals surface area contributed by atoms with Gasteiger partial charge in [0.2, 0.25) is 0 Å². The van der Waals surface area contributed by atoms with Gasteiger partial charge in [-0.15, -0.1) is 0 Å². The molecule has 2 saturated heterocycles. The van der Waals surface area contributed by atoms with Crippen LogP contribution in [0.2, 0.25) is 0 Å². The third kappa shape index (κ3) is 5.81. The molecule has 3 rings (SSSR count). The van der Waals surface area contributed by atoms with Gasteiger partial charge >= 0.3 is 11.9 Å². The molecule has 2 fully saturated rings. The van der Waals surface area contributed by atoms with Gasteiger partial charge in [-0.05, 0) is 26.0 Å². The van der Waals surface area contributed by atoms with Gasteiger partial charge in [0.25, 0.3) is 0 Å². The van der Waals surface area contributed by atoms with Crippen LogP contribution in [0.1, 0.15) is 25.7 Å². The van der Waals surface area contributed by atoms with Crippen molar-refractivity contribution in [2.45, 2.75) is 50.8 Å². The number of fused-ring (bicyclic) bond motifs is 1. The highest BCUT2D eigenvalue weighted by Crippen LogP contribution is 2.34. The molecule has 3 N–H and O–H groups in total. The Bertz CT molecular complexity index is 820. The second-order valence-electron chi connectivity index (χ2n) is 7.28. The number of rotatable bonds is 8. The van der Waals surface area contributed by atoms with E-state index in [9.17, 15) is 19.8 Å². The standard InChI is InChI=1S/C22H29NO10/c1-4-29-20(26)14(21(27)30-5-2)10-23-19-17(25)16(24)18-15(32-19)11-31-22(33-18)12-6-8-13(28-3)9-7-12/h6-10,15-19,22-25H,4-5,11H2,1-3H3/t15-,16-,17-,18-,19-,22-/m1/s1. The molecule has 0 unspecified atom stereocenters. The first kappa shape index (κ1) is 24.9. The lowest BCUT2D eigenvalue weighted by atomic mass is 9.97. The lowest BCUT2D eigenvalue weighted by Crippen LogP contribution is -2.64. The zero-order valence-corrected chi connectivity index (χ0v) is 18.6. The fourth-order valence-electron chi connectivity index (χ4n) is 3.46. The number of benzene rings is 1. The minimum atomic E-state index is -1.43. The lowest BCUT2D eigenvalue weighted by molar-refractivity contribution is -0.330. The predicted molar refractivity (Wildman–Crippen MR) is 112 cm³/mol. The summed E-state index contributed by atoms with van der Waals surface area (Å²) in [5, 5.41) is 23.9. The molecule has 1 aromatic rings. The molecule has 11 nitrogen and oxygen atoms in total. The first-order valence-corrected chi connectivity index (χ1v) is 10.6. The summed E-state index contributed by atoms with van der Waals surface area (Å²) in [6.07, 6.45) is -5.19. The van der Waals surface area contributed by atoms with Crippen molar-refractivity contribution in [3.8, 4) is 5.75 Å².